The molecule has 0 spiro atoms. The van der Waals surface area contributed by atoms with Crippen molar-refractivity contribution in [3.8, 4) is 0 Å². The van der Waals surface area contributed by atoms with Gasteiger partial charge in [-0.25, -0.2) is 4.98 Å². The van der Waals surface area contributed by atoms with Gasteiger partial charge in [-0.3, -0.25) is 4.79 Å². The molecular weight excluding hydrogens is 256 g/mol. The molecule has 2 rings (SSSR count). The van der Waals surface area contributed by atoms with Crippen molar-refractivity contribution < 1.29 is 9.53 Å². The lowest BCUT2D eigenvalue weighted by Gasteiger charge is -2.16. The Balaban J connectivity index is 1.68. The summed E-state index contributed by atoms with van der Waals surface area (Å²) < 4.78 is 6.81. The van der Waals surface area contributed by atoms with Crippen LogP contribution >= 0.6 is 0 Å². The van der Waals surface area contributed by atoms with Gasteiger partial charge in [0.25, 0.3) is 5.91 Å². The zero-order valence-electron chi connectivity index (χ0n) is 12.3. The zero-order chi connectivity index (χ0) is 14.4. The number of likely N-dealkylation sites (tertiary alicyclic amines) is 1. The standard InChI is InChI=1S/C14H24N4O2/c1-17-11-15-9-13(17)14(19)16-8-12-4-6-18(10-12)5-3-7-20-2/h9,11-12H,3-8,10H2,1-2H3,(H,16,19). The van der Waals surface area contributed by atoms with Crippen LogP contribution in [0, 0.1) is 5.92 Å². The van der Waals surface area contributed by atoms with Crippen molar-refractivity contribution in [1.82, 2.24) is 19.8 Å². The molecule has 1 N–H and O–H groups in total. The molecule has 1 aromatic heterocycles. The van der Waals surface area contributed by atoms with Gasteiger partial charge >= 0.3 is 0 Å². The second-order valence-corrected chi connectivity index (χ2v) is 5.40. The fourth-order valence-corrected chi connectivity index (χ4v) is 2.62. The van der Waals surface area contributed by atoms with Crippen LogP contribution in [-0.2, 0) is 11.8 Å². The van der Waals surface area contributed by atoms with Gasteiger partial charge in [0.15, 0.2) is 0 Å². The predicted molar refractivity (Wildman–Crippen MR) is 76.6 cm³/mol. The molecule has 112 valence electrons. The van der Waals surface area contributed by atoms with Crippen LogP contribution in [0.5, 0.6) is 0 Å². The van der Waals surface area contributed by atoms with Crippen LogP contribution in [0.3, 0.4) is 0 Å². The number of amides is 1. The van der Waals surface area contributed by atoms with Crippen molar-refractivity contribution >= 4 is 5.91 Å². The third kappa shape index (κ3) is 4.05. The average molecular weight is 280 g/mol. The van der Waals surface area contributed by atoms with Crippen LogP contribution < -0.4 is 5.32 Å². The highest BCUT2D eigenvalue weighted by Crippen LogP contribution is 2.15. The van der Waals surface area contributed by atoms with E-state index in [2.05, 4.69) is 15.2 Å². The fraction of sp³-hybridized carbons (Fsp3) is 0.714. The number of nitrogens with one attached hydrogen (secondary N) is 1. The van der Waals surface area contributed by atoms with Gasteiger partial charge in [0.1, 0.15) is 5.69 Å². The van der Waals surface area contributed by atoms with Gasteiger partial charge in [0.2, 0.25) is 0 Å². The molecule has 1 aromatic rings. The van der Waals surface area contributed by atoms with Crippen molar-refractivity contribution in [1.29, 1.82) is 0 Å². The van der Waals surface area contributed by atoms with E-state index in [1.54, 1.807) is 24.2 Å². The SMILES string of the molecule is COCCCN1CCC(CNC(=O)c2cncn2C)C1. The van der Waals surface area contributed by atoms with Crippen molar-refractivity contribution in [2.24, 2.45) is 13.0 Å². The van der Waals surface area contributed by atoms with Crippen molar-refractivity contribution in [2.75, 3.05) is 39.9 Å². The van der Waals surface area contributed by atoms with E-state index in [-0.39, 0.29) is 5.91 Å². The van der Waals surface area contributed by atoms with Crippen molar-refractivity contribution in [3.05, 3.63) is 18.2 Å². The molecule has 20 heavy (non-hydrogen) atoms. The van der Waals surface area contributed by atoms with Gasteiger partial charge in [0, 0.05) is 40.4 Å². The second-order valence-electron chi connectivity index (χ2n) is 5.40. The Morgan fingerprint density at radius 1 is 1.60 bits per heavy atom. The number of rotatable bonds is 7. The molecular formula is C14H24N4O2. The highest BCUT2D eigenvalue weighted by atomic mass is 16.5. The first-order valence-corrected chi connectivity index (χ1v) is 7.16. The molecule has 0 saturated carbocycles. The molecule has 1 aliphatic heterocycles. The molecule has 6 nitrogen and oxygen atoms in total. The predicted octanol–water partition coefficient (Wildman–Crippen LogP) is 0.508. The van der Waals surface area contributed by atoms with Crippen molar-refractivity contribution in [2.45, 2.75) is 12.8 Å². The summed E-state index contributed by atoms with van der Waals surface area (Å²) in [4.78, 5) is 18.4. The summed E-state index contributed by atoms with van der Waals surface area (Å²) in [7, 11) is 3.57. The molecule has 1 saturated heterocycles. The number of ether oxygens (including phenoxy) is 1. The molecule has 1 aliphatic rings. The number of carbonyl (C=O) groups is 1. The lowest BCUT2D eigenvalue weighted by atomic mass is 10.1. The van der Waals surface area contributed by atoms with Gasteiger partial charge in [-0.2, -0.15) is 0 Å². The van der Waals surface area contributed by atoms with Gasteiger partial charge < -0.3 is 19.5 Å². The Morgan fingerprint density at radius 2 is 2.45 bits per heavy atom. The van der Waals surface area contributed by atoms with E-state index in [4.69, 9.17) is 4.74 Å². The molecule has 2 heterocycles. The average Bonchev–Trinajstić information content (AvgIpc) is 3.05. The maximum atomic E-state index is 12.0. The highest BCUT2D eigenvalue weighted by molar-refractivity contribution is 5.92. The Labute approximate surface area is 120 Å². The summed E-state index contributed by atoms with van der Waals surface area (Å²) in [5, 5.41) is 3.00. The van der Waals surface area contributed by atoms with Gasteiger partial charge in [-0.1, -0.05) is 0 Å². The largest absolute Gasteiger partial charge is 0.385 e. The van der Waals surface area contributed by atoms with E-state index < -0.39 is 0 Å². The molecule has 1 unspecified atom stereocenters. The van der Waals surface area contributed by atoms with Gasteiger partial charge in [-0.05, 0) is 25.3 Å². The number of aromatic nitrogens is 2. The molecule has 6 heteroatoms. The summed E-state index contributed by atoms with van der Waals surface area (Å²) in [6, 6.07) is 0. The maximum absolute atomic E-state index is 12.0. The van der Waals surface area contributed by atoms with Gasteiger partial charge in [-0.15, -0.1) is 0 Å². The fourth-order valence-electron chi connectivity index (χ4n) is 2.62. The third-order valence-corrected chi connectivity index (χ3v) is 3.79. The summed E-state index contributed by atoms with van der Waals surface area (Å²) in [5.41, 5.74) is 0.611. The minimum Gasteiger partial charge on any atom is -0.385 e. The Hall–Kier alpha value is -1.40. The molecule has 1 atom stereocenters. The van der Waals surface area contributed by atoms with Gasteiger partial charge in [0.05, 0.1) is 12.5 Å². The molecule has 0 aromatic carbocycles. The minimum atomic E-state index is -0.0390. The van der Waals surface area contributed by atoms with E-state index in [9.17, 15) is 4.79 Å². The van der Waals surface area contributed by atoms with E-state index in [1.165, 1.54) is 0 Å². The smallest absolute Gasteiger partial charge is 0.269 e. The Morgan fingerprint density at radius 3 is 3.15 bits per heavy atom. The van der Waals surface area contributed by atoms with Crippen LogP contribution in [-0.4, -0.2) is 60.3 Å². The van der Waals surface area contributed by atoms with E-state index >= 15 is 0 Å². The summed E-state index contributed by atoms with van der Waals surface area (Å²) in [6.07, 6.45) is 5.46. The molecule has 1 amide bonds. The van der Waals surface area contributed by atoms with Crippen LogP contribution in [0.1, 0.15) is 23.3 Å². The monoisotopic (exact) mass is 280 g/mol. The lowest BCUT2D eigenvalue weighted by molar-refractivity contribution is 0.0939. The summed E-state index contributed by atoms with van der Waals surface area (Å²) in [6.45, 7) is 4.83. The number of aryl methyl sites for hydroxylation is 1. The number of hydrogen-bond acceptors (Lipinski definition) is 4. The quantitative estimate of drug-likeness (QED) is 0.739. The first kappa shape index (κ1) is 15.0. The number of carbonyl (C=O) groups excluding carboxylic acids is 1. The number of nitrogens with zero attached hydrogens (tertiary/aromatic N) is 3. The first-order valence-electron chi connectivity index (χ1n) is 7.16. The van der Waals surface area contributed by atoms with Crippen molar-refractivity contribution in [3.63, 3.8) is 0 Å². The molecule has 0 bridgehead atoms. The Bertz CT molecular complexity index is 433. The topological polar surface area (TPSA) is 59.4 Å². The number of imidazole rings is 1. The lowest BCUT2D eigenvalue weighted by Crippen LogP contribution is -2.32. The summed E-state index contributed by atoms with van der Waals surface area (Å²) >= 11 is 0. The maximum Gasteiger partial charge on any atom is 0.269 e. The zero-order valence-corrected chi connectivity index (χ0v) is 12.3. The molecule has 0 aliphatic carbocycles. The molecule has 1 fully saturated rings. The van der Waals surface area contributed by atoms with Crippen LogP contribution in [0.15, 0.2) is 12.5 Å². The second kappa shape index (κ2) is 7.40. The normalized spacial score (nSPS) is 19.4. The van der Waals surface area contributed by atoms with Crippen LogP contribution in [0.2, 0.25) is 0 Å². The number of methoxy groups -OCH3 is 1. The van der Waals surface area contributed by atoms with E-state index in [0.717, 1.165) is 45.6 Å². The molecule has 0 radical (unpaired) electrons. The highest BCUT2D eigenvalue weighted by Gasteiger charge is 2.22. The minimum absolute atomic E-state index is 0.0390. The van der Waals surface area contributed by atoms with Crippen LogP contribution in [0.4, 0.5) is 0 Å². The Kier molecular flexibility index (Phi) is 5.55. The van der Waals surface area contributed by atoms with Crippen LogP contribution in [0.25, 0.3) is 0 Å². The third-order valence-electron chi connectivity index (χ3n) is 3.79. The van der Waals surface area contributed by atoms with E-state index in [0.29, 0.717) is 11.6 Å². The summed E-state index contributed by atoms with van der Waals surface area (Å²) in [5.74, 6) is 0.512. The first-order chi connectivity index (χ1) is 9.70. The van der Waals surface area contributed by atoms with E-state index in [1.807, 2.05) is 7.05 Å². The number of hydrogen-bond donors (Lipinski definition) is 1.